The molecule has 0 aliphatic carbocycles. The van der Waals surface area contributed by atoms with Gasteiger partial charge in [0, 0.05) is 18.7 Å². The monoisotopic (exact) mass is 319 g/mol. The van der Waals surface area contributed by atoms with Crippen molar-refractivity contribution in [2.24, 2.45) is 0 Å². The van der Waals surface area contributed by atoms with Crippen LogP contribution < -0.4 is 10.1 Å². The van der Waals surface area contributed by atoms with E-state index in [1.54, 1.807) is 6.07 Å². The SMILES string of the molecule is CC(=O)Nc1ccc(Br)c(OCc2ccccc2)c1. The number of hydrogen-bond donors (Lipinski definition) is 1. The van der Waals surface area contributed by atoms with Crippen molar-refractivity contribution in [2.75, 3.05) is 5.32 Å². The molecule has 1 amide bonds. The van der Waals surface area contributed by atoms with Gasteiger partial charge >= 0.3 is 0 Å². The molecule has 0 unspecified atom stereocenters. The quantitative estimate of drug-likeness (QED) is 0.925. The third kappa shape index (κ3) is 4.10. The summed E-state index contributed by atoms with van der Waals surface area (Å²) in [7, 11) is 0. The summed E-state index contributed by atoms with van der Waals surface area (Å²) >= 11 is 3.43. The summed E-state index contributed by atoms with van der Waals surface area (Å²) in [5.74, 6) is 0.603. The van der Waals surface area contributed by atoms with Gasteiger partial charge in [-0.3, -0.25) is 4.79 Å². The molecule has 0 saturated heterocycles. The van der Waals surface area contributed by atoms with Crippen molar-refractivity contribution >= 4 is 27.5 Å². The number of halogens is 1. The summed E-state index contributed by atoms with van der Waals surface area (Å²) in [5.41, 5.74) is 1.82. The second-order valence-electron chi connectivity index (χ2n) is 4.10. The molecule has 2 aromatic carbocycles. The van der Waals surface area contributed by atoms with Crippen LogP contribution in [0.5, 0.6) is 5.75 Å². The molecule has 0 fully saturated rings. The minimum Gasteiger partial charge on any atom is -0.488 e. The molecule has 0 radical (unpaired) electrons. The van der Waals surface area contributed by atoms with Crippen LogP contribution in [0.3, 0.4) is 0 Å². The maximum atomic E-state index is 11.0. The number of hydrogen-bond acceptors (Lipinski definition) is 2. The van der Waals surface area contributed by atoms with Crippen LogP contribution in [0.15, 0.2) is 53.0 Å². The molecule has 2 aromatic rings. The smallest absolute Gasteiger partial charge is 0.221 e. The molecular formula is C15H14BrNO2. The van der Waals surface area contributed by atoms with E-state index in [-0.39, 0.29) is 5.91 Å². The van der Waals surface area contributed by atoms with E-state index >= 15 is 0 Å². The largest absolute Gasteiger partial charge is 0.488 e. The molecular weight excluding hydrogens is 306 g/mol. The number of anilines is 1. The summed E-state index contributed by atoms with van der Waals surface area (Å²) in [6.45, 7) is 1.97. The van der Waals surface area contributed by atoms with Gasteiger partial charge in [0.15, 0.2) is 0 Å². The second kappa shape index (κ2) is 6.38. The lowest BCUT2D eigenvalue weighted by Crippen LogP contribution is -2.06. The zero-order valence-electron chi connectivity index (χ0n) is 10.5. The van der Waals surface area contributed by atoms with Gasteiger partial charge in [-0.05, 0) is 33.6 Å². The zero-order valence-corrected chi connectivity index (χ0v) is 12.1. The topological polar surface area (TPSA) is 38.3 Å². The van der Waals surface area contributed by atoms with Crippen LogP contribution in [-0.2, 0) is 11.4 Å². The van der Waals surface area contributed by atoms with Crippen LogP contribution in [0, 0.1) is 0 Å². The molecule has 2 rings (SSSR count). The summed E-state index contributed by atoms with van der Waals surface area (Å²) in [6.07, 6.45) is 0. The van der Waals surface area contributed by atoms with Gasteiger partial charge < -0.3 is 10.1 Å². The molecule has 4 heteroatoms. The first-order valence-corrected chi connectivity index (χ1v) is 6.68. The third-order valence-electron chi connectivity index (χ3n) is 2.49. The molecule has 0 aliphatic heterocycles. The van der Waals surface area contributed by atoms with E-state index in [0.717, 1.165) is 15.7 Å². The fourth-order valence-electron chi connectivity index (χ4n) is 1.63. The van der Waals surface area contributed by atoms with Crippen LogP contribution in [0.25, 0.3) is 0 Å². The number of rotatable bonds is 4. The standard InChI is InChI=1S/C15H14BrNO2/c1-11(18)17-13-7-8-14(16)15(9-13)19-10-12-5-3-2-4-6-12/h2-9H,10H2,1H3,(H,17,18). The Bertz CT molecular complexity index is 570. The molecule has 19 heavy (non-hydrogen) atoms. The van der Waals surface area contributed by atoms with Gasteiger partial charge in [0.25, 0.3) is 0 Å². The van der Waals surface area contributed by atoms with Crippen molar-refractivity contribution < 1.29 is 9.53 Å². The van der Waals surface area contributed by atoms with Gasteiger partial charge in [-0.25, -0.2) is 0 Å². The molecule has 98 valence electrons. The molecule has 0 bridgehead atoms. The molecule has 0 saturated carbocycles. The lowest BCUT2D eigenvalue weighted by Gasteiger charge is -2.10. The van der Waals surface area contributed by atoms with E-state index in [2.05, 4.69) is 21.2 Å². The maximum Gasteiger partial charge on any atom is 0.221 e. The summed E-state index contributed by atoms with van der Waals surface area (Å²) < 4.78 is 6.61. The molecule has 3 nitrogen and oxygen atoms in total. The number of nitrogens with one attached hydrogen (secondary N) is 1. The van der Waals surface area contributed by atoms with E-state index in [0.29, 0.717) is 12.4 Å². The van der Waals surface area contributed by atoms with Crippen molar-refractivity contribution in [3.8, 4) is 5.75 Å². The predicted molar refractivity (Wildman–Crippen MR) is 79.2 cm³/mol. The summed E-state index contributed by atoms with van der Waals surface area (Å²) in [6, 6.07) is 15.4. The van der Waals surface area contributed by atoms with Gasteiger partial charge in [0.2, 0.25) is 5.91 Å². The van der Waals surface area contributed by atoms with E-state index in [1.807, 2.05) is 42.5 Å². The number of carbonyl (C=O) groups excluding carboxylic acids is 1. The third-order valence-corrected chi connectivity index (χ3v) is 3.14. The molecule has 0 heterocycles. The minimum absolute atomic E-state index is 0.101. The van der Waals surface area contributed by atoms with Crippen LogP contribution in [-0.4, -0.2) is 5.91 Å². The van der Waals surface area contributed by atoms with E-state index in [4.69, 9.17) is 4.74 Å². The first-order chi connectivity index (χ1) is 9.15. The van der Waals surface area contributed by atoms with Crippen molar-refractivity contribution in [1.82, 2.24) is 0 Å². The average molecular weight is 320 g/mol. The highest BCUT2D eigenvalue weighted by Crippen LogP contribution is 2.29. The number of benzene rings is 2. The van der Waals surface area contributed by atoms with Crippen LogP contribution in [0.1, 0.15) is 12.5 Å². The zero-order chi connectivity index (χ0) is 13.7. The first-order valence-electron chi connectivity index (χ1n) is 5.89. The molecule has 0 spiro atoms. The highest BCUT2D eigenvalue weighted by atomic mass is 79.9. The molecule has 0 atom stereocenters. The van der Waals surface area contributed by atoms with Gasteiger partial charge in [-0.1, -0.05) is 30.3 Å². The average Bonchev–Trinajstić information content (AvgIpc) is 2.40. The van der Waals surface area contributed by atoms with Gasteiger partial charge in [0.1, 0.15) is 12.4 Å². The van der Waals surface area contributed by atoms with Crippen molar-refractivity contribution in [1.29, 1.82) is 0 Å². The Kier molecular flexibility index (Phi) is 4.58. The molecule has 0 aromatic heterocycles. The fourth-order valence-corrected chi connectivity index (χ4v) is 1.99. The highest BCUT2D eigenvalue weighted by molar-refractivity contribution is 9.10. The highest BCUT2D eigenvalue weighted by Gasteiger charge is 2.04. The van der Waals surface area contributed by atoms with Crippen molar-refractivity contribution in [3.63, 3.8) is 0 Å². The Morgan fingerprint density at radius 3 is 2.63 bits per heavy atom. The van der Waals surface area contributed by atoms with Gasteiger partial charge in [-0.15, -0.1) is 0 Å². The number of carbonyl (C=O) groups is 1. The van der Waals surface area contributed by atoms with E-state index in [1.165, 1.54) is 6.92 Å². The summed E-state index contributed by atoms with van der Waals surface area (Å²) in [4.78, 5) is 11.0. The van der Waals surface area contributed by atoms with Gasteiger partial charge in [-0.2, -0.15) is 0 Å². The minimum atomic E-state index is -0.101. The Morgan fingerprint density at radius 1 is 1.21 bits per heavy atom. The molecule has 0 aliphatic rings. The van der Waals surface area contributed by atoms with E-state index < -0.39 is 0 Å². The Labute approximate surface area is 120 Å². The van der Waals surface area contributed by atoms with Crippen molar-refractivity contribution in [3.05, 3.63) is 58.6 Å². The number of amides is 1. The van der Waals surface area contributed by atoms with Crippen LogP contribution >= 0.6 is 15.9 Å². The fraction of sp³-hybridized carbons (Fsp3) is 0.133. The predicted octanol–water partition coefficient (Wildman–Crippen LogP) is 3.99. The normalized spacial score (nSPS) is 10.0. The van der Waals surface area contributed by atoms with Crippen molar-refractivity contribution in [2.45, 2.75) is 13.5 Å². The lowest BCUT2D eigenvalue weighted by atomic mass is 10.2. The molecule has 1 N–H and O–H groups in total. The van der Waals surface area contributed by atoms with Gasteiger partial charge in [0.05, 0.1) is 4.47 Å². The van der Waals surface area contributed by atoms with E-state index in [9.17, 15) is 4.79 Å². The Morgan fingerprint density at radius 2 is 1.95 bits per heavy atom. The van der Waals surface area contributed by atoms with Crippen LogP contribution in [0.4, 0.5) is 5.69 Å². The first kappa shape index (κ1) is 13.6. The Hall–Kier alpha value is -1.81. The lowest BCUT2D eigenvalue weighted by molar-refractivity contribution is -0.114. The number of ether oxygens (including phenoxy) is 1. The Balaban J connectivity index is 2.08. The maximum absolute atomic E-state index is 11.0. The summed E-state index contributed by atoms with van der Waals surface area (Å²) in [5, 5.41) is 2.73. The second-order valence-corrected chi connectivity index (χ2v) is 4.95. The van der Waals surface area contributed by atoms with Crippen LogP contribution in [0.2, 0.25) is 0 Å².